The molecule has 4 aliphatic rings. The first kappa shape index (κ1) is 39.8. The molecule has 0 radical (unpaired) electrons. The van der Waals surface area contributed by atoms with E-state index >= 15 is 0 Å². The van der Waals surface area contributed by atoms with Gasteiger partial charge in [0, 0.05) is 60.2 Å². The van der Waals surface area contributed by atoms with Gasteiger partial charge in [0.15, 0.2) is 0 Å². The van der Waals surface area contributed by atoms with Crippen molar-refractivity contribution in [2.24, 2.45) is 13.0 Å². The summed E-state index contributed by atoms with van der Waals surface area (Å²) in [4.78, 5) is 73.3. The van der Waals surface area contributed by atoms with E-state index in [4.69, 9.17) is 16.6 Å². The molecule has 2 aliphatic heterocycles. The molecule has 1 unspecified atom stereocenters. The van der Waals surface area contributed by atoms with Gasteiger partial charge in [-0.2, -0.15) is 5.10 Å². The average Bonchev–Trinajstić information content (AvgIpc) is 3.69. The maximum atomic E-state index is 12.9. The molecule has 0 spiro atoms. The van der Waals surface area contributed by atoms with Crippen LogP contribution >= 0.6 is 22.9 Å². The Morgan fingerprint density at radius 3 is 2.50 bits per heavy atom. The van der Waals surface area contributed by atoms with Crippen molar-refractivity contribution >= 4 is 58.4 Å². The fraction of sp³-hybridized carbons (Fsp3) is 0.579. The van der Waals surface area contributed by atoms with Crippen molar-refractivity contribution in [2.45, 2.75) is 102 Å². The van der Waals surface area contributed by atoms with Crippen molar-refractivity contribution in [1.29, 1.82) is 0 Å². The maximum absolute atomic E-state index is 12.9. The summed E-state index contributed by atoms with van der Waals surface area (Å²) in [6.45, 7) is 2.21. The molecule has 1 saturated heterocycles. The number of halogens is 1. The molecule has 6 N–H and O–H groups in total. The summed E-state index contributed by atoms with van der Waals surface area (Å²) in [5, 5.41) is 25.0. The van der Waals surface area contributed by atoms with Gasteiger partial charge >= 0.3 is 0 Å². The third kappa shape index (κ3) is 9.91. The van der Waals surface area contributed by atoms with Crippen LogP contribution in [0.15, 0.2) is 17.8 Å². The van der Waals surface area contributed by atoms with Crippen LogP contribution in [-0.4, -0.2) is 98.5 Å². The number of aromatic nitrogens is 4. The highest BCUT2D eigenvalue weighted by molar-refractivity contribution is 7.10. The first-order chi connectivity index (χ1) is 27.1. The number of fused-ring (bicyclic) bond motifs is 1. The van der Waals surface area contributed by atoms with Crippen LogP contribution in [0.4, 0.5) is 5.95 Å². The highest BCUT2D eigenvalue weighted by atomic mass is 35.5. The minimum atomic E-state index is -0.662. The molecule has 300 valence electrons. The number of hydrogen-bond acceptors (Lipinski definition) is 12. The molecule has 5 heterocycles. The van der Waals surface area contributed by atoms with Crippen molar-refractivity contribution < 1.29 is 24.0 Å². The Hall–Kier alpha value is -4.45. The monoisotopic (exact) mass is 807 g/mol. The molecule has 0 bridgehead atoms. The van der Waals surface area contributed by atoms with Crippen LogP contribution in [0, 0.1) is 5.92 Å². The second kappa shape index (κ2) is 18.2. The van der Waals surface area contributed by atoms with Gasteiger partial charge in [-0.15, -0.1) is 11.3 Å². The molecule has 2 saturated carbocycles. The molecule has 16 nitrogen and oxygen atoms in total. The van der Waals surface area contributed by atoms with E-state index in [9.17, 15) is 24.0 Å². The number of carbonyl (C=O) groups excluding carboxylic acids is 5. The van der Waals surface area contributed by atoms with E-state index in [0.29, 0.717) is 54.2 Å². The third-order valence-electron chi connectivity index (χ3n) is 11.1. The van der Waals surface area contributed by atoms with Crippen LogP contribution in [0.5, 0.6) is 0 Å². The molecular weight excluding hydrogens is 758 g/mol. The van der Waals surface area contributed by atoms with E-state index in [0.717, 1.165) is 66.6 Å². The highest BCUT2D eigenvalue weighted by Crippen LogP contribution is 2.37. The molecule has 3 aromatic rings. The molecule has 0 aromatic carbocycles. The van der Waals surface area contributed by atoms with Gasteiger partial charge in [-0.1, -0.05) is 11.6 Å². The highest BCUT2D eigenvalue weighted by Gasteiger charge is 2.40. The Labute approximate surface area is 334 Å². The van der Waals surface area contributed by atoms with Crippen LogP contribution in [0.2, 0.25) is 5.02 Å². The summed E-state index contributed by atoms with van der Waals surface area (Å²) in [6.07, 6.45) is 12.9. The summed E-state index contributed by atoms with van der Waals surface area (Å²) >= 11 is 7.97. The Morgan fingerprint density at radius 2 is 1.71 bits per heavy atom. The standard InChI is InChI=1S/C38H50ClN11O5S/c1-49-30(14-22-4-5-22)25(15-45-49)35-28(39)16-44-38(48-35)46-24-8-6-23(7-9-24)42-19-34(53)41-13-3-2-12-40-18-33(52)43-17-31-26-20-50(37(55)27(26)21-56-31)29-10-11-32(51)47-36(29)54/h15-16,21-24,29,40,42H,2-14,17-20H2,1H3,(H,41,53)(H,43,52)(H,44,46,48)(H,47,51,54). The van der Waals surface area contributed by atoms with Crippen molar-refractivity contribution in [3.63, 3.8) is 0 Å². The molecule has 3 aromatic heterocycles. The van der Waals surface area contributed by atoms with Gasteiger partial charge in [0.05, 0.1) is 48.3 Å². The quantitative estimate of drug-likeness (QED) is 0.0814. The molecule has 3 fully saturated rings. The fourth-order valence-electron chi connectivity index (χ4n) is 7.65. The van der Waals surface area contributed by atoms with Crippen LogP contribution in [0.1, 0.15) is 90.7 Å². The van der Waals surface area contributed by atoms with Crippen molar-refractivity contribution in [1.82, 2.24) is 51.2 Å². The van der Waals surface area contributed by atoms with E-state index < -0.39 is 11.9 Å². The van der Waals surface area contributed by atoms with Crippen LogP contribution in [0.3, 0.4) is 0 Å². The Bertz CT molecular complexity index is 1940. The Balaban J connectivity index is 0.723. The van der Waals surface area contributed by atoms with Crippen molar-refractivity contribution in [3.05, 3.63) is 44.5 Å². The zero-order chi connectivity index (χ0) is 39.2. The van der Waals surface area contributed by atoms with E-state index in [1.165, 1.54) is 29.1 Å². The molecule has 18 heteroatoms. The normalized spacial score (nSPS) is 20.9. The molecule has 1 atom stereocenters. The zero-order valence-electron chi connectivity index (χ0n) is 31.6. The number of unbranched alkanes of at least 4 members (excludes halogenated alkanes) is 1. The number of rotatable bonds is 18. The summed E-state index contributed by atoms with van der Waals surface area (Å²) in [7, 11) is 1.97. The van der Waals surface area contributed by atoms with Gasteiger partial charge < -0.3 is 31.5 Å². The minimum absolute atomic E-state index is 0.0295. The number of carbonyl (C=O) groups is 5. The second-order valence-corrected chi connectivity index (χ2v) is 16.6. The zero-order valence-corrected chi connectivity index (χ0v) is 33.2. The van der Waals surface area contributed by atoms with Gasteiger partial charge in [-0.05, 0) is 82.2 Å². The minimum Gasteiger partial charge on any atom is -0.355 e. The first-order valence-corrected chi connectivity index (χ1v) is 20.9. The first-order valence-electron chi connectivity index (χ1n) is 19.6. The lowest BCUT2D eigenvalue weighted by Gasteiger charge is -2.29. The summed E-state index contributed by atoms with van der Waals surface area (Å²) < 4.78 is 1.92. The third-order valence-corrected chi connectivity index (χ3v) is 12.4. The van der Waals surface area contributed by atoms with Gasteiger partial charge in [0.1, 0.15) is 6.04 Å². The van der Waals surface area contributed by atoms with E-state index in [1.807, 2.05) is 17.9 Å². The molecule has 2 aliphatic carbocycles. The number of amides is 5. The lowest BCUT2D eigenvalue weighted by atomic mass is 9.91. The lowest BCUT2D eigenvalue weighted by Crippen LogP contribution is -2.52. The summed E-state index contributed by atoms with van der Waals surface area (Å²) in [5.74, 6) is 0.115. The number of anilines is 1. The van der Waals surface area contributed by atoms with Crippen LogP contribution in [0.25, 0.3) is 11.3 Å². The topological polar surface area (TPSA) is 204 Å². The predicted molar refractivity (Wildman–Crippen MR) is 211 cm³/mol. The summed E-state index contributed by atoms with van der Waals surface area (Å²) in [5.41, 5.74) is 4.23. The number of aryl methyl sites for hydroxylation is 1. The number of imide groups is 1. The SMILES string of the molecule is Cn1ncc(-c2nc(NC3CCC(NCC(=O)NCCCCNCC(=O)NCc4scc5c4CN(C4CCC(=O)NC4=O)C5=O)CC3)ncc2Cl)c1CC1CC1. The second-order valence-electron chi connectivity index (χ2n) is 15.2. The number of thiophene rings is 1. The lowest BCUT2D eigenvalue weighted by molar-refractivity contribution is -0.137. The molecular formula is C38H50ClN11O5S. The number of nitrogens with one attached hydrogen (secondary N) is 6. The van der Waals surface area contributed by atoms with Crippen LogP contribution in [-0.2, 0) is 45.7 Å². The predicted octanol–water partition coefficient (Wildman–Crippen LogP) is 2.42. The molecule has 5 amide bonds. The number of piperidine rings is 1. The van der Waals surface area contributed by atoms with E-state index in [2.05, 4.69) is 42.0 Å². The van der Waals surface area contributed by atoms with E-state index in [-0.39, 0.29) is 61.8 Å². The van der Waals surface area contributed by atoms with Gasteiger partial charge in [0.25, 0.3) is 5.91 Å². The van der Waals surface area contributed by atoms with Crippen molar-refractivity contribution in [2.75, 3.05) is 31.5 Å². The largest absolute Gasteiger partial charge is 0.355 e. The number of nitrogens with zero attached hydrogens (tertiary/aromatic N) is 5. The Kier molecular flexibility index (Phi) is 12.9. The Morgan fingerprint density at radius 1 is 0.946 bits per heavy atom. The van der Waals surface area contributed by atoms with Gasteiger partial charge in [0.2, 0.25) is 29.6 Å². The molecule has 7 rings (SSSR count). The van der Waals surface area contributed by atoms with Crippen molar-refractivity contribution in [3.8, 4) is 11.3 Å². The molecule has 56 heavy (non-hydrogen) atoms. The summed E-state index contributed by atoms with van der Waals surface area (Å²) in [6, 6.07) is -0.152. The smallest absolute Gasteiger partial charge is 0.256 e. The average molecular weight is 808 g/mol. The van der Waals surface area contributed by atoms with Gasteiger partial charge in [-0.3, -0.25) is 34.0 Å². The van der Waals surface area contributed by atoms with Gasteiger partial charge in [-0.25, -0.2) is 9.97 Å². The fourth-order valence-corrected chi connectivity index (χ4v) is 8.81. The van der Waals surface area contributed by atoms with E-state index in [1.54, 1.807) is 11.6 Å². The number of hydrogen-bond donors (Lipinski definition) is 6. The maximum Gasteiger partial charge on any atom is 0.256 e. The van der Waals surface area contributed by atoms with Crippen LogP contribution < -0.4 is 31.9 Å².